The summed E-state index contributed by atoms with van der Waals surface area (Å²) in [6.07, 6.45) is 2.42. The summed E-state index contributed by atoms with van der Waals surface area (Å²) in [6, 6.07) is 7.79. The first-order valence-electron chi connectivity index (χ1n) is 8.93. The number of nitrogens with one attached hydrogen (secondary N) is 1. The molecule has 1 fully saturated rings. The molecular formula is C19H30N2O3. The van der Waals surface area contributed by atoms with Crippen LogP contribution in [0.4, 0.5) is 0 Å². The molecule has 0 aromatic heterocycles. The zero-order valence-corrected chi connectivity index (χ0v) is 15.1. The highest BCUT2D eigenvalue weighted by Crippen LogP contribution is 2.16. The minimum atomic E-state index is -0.132. The summed E-state index contributed by atoms with van der Waals surface area (Å²) in [5.41, 5.74) is 1.17. The minimum Gasteiger partial charge on any atom is -0.492 e. The summed E-state index contributed by atoms with van der Waals surface area (Å²) in [5.74, 6) is 0.896. The van der Waals surface area contributed by atoms with E-state index in [1.54, 1.807) is 0 Å². The van der Waals surface area contributed by atoms with Gasteiger partial charge in [0.25, 0.3) is 0 Å². The first-order valence-corrected chi connectivity index (χ1v) is 8.93. The summed E-state index contributed by atoms with van der Waals surface area (Å²) in [5, 5.41) is 2.97. The van der Waals surface area contributed by atoms with E-state index >= 15 is 0 Å². The number of amides is 1. The minimum absolute atomic E-state index is 0.0555. The Morgan fingerprint density at radius 2 is 2.29 bits per heavy atom. The molecule has 0 aliphatic carbocycles. The number of rotatable bonds is 8. The summed E-state index contributed by atoms with van der Waals surface area (Å²) in [7, 11) is 0. The quantitative estimate of drug-likeness (QED) is 0.742. The average molecular weight is 334 g/mol. The van der Waals surface area contributed by atoms with E-state index in [4.69, 9.17) is 9.47 Å². The van der Waals surface area contributed by atoms with Crippen molar-refractivity contribution in [1.82, 2.24) is 10.2 Å². The van der Waals surface area contributed by atoms with Gasteiger partial charge in [-0.2, -0.15) is 0 Å². The molecule has 0 radical (unpaired) electrons. The number of carbonyl (C=O) groups is 1. The monoisotopic (exact) mass is 334 g/mol. The van der Waals surface area contributed by atoms with Crippen LogP contribution in [-0.2, 0) is 9.53 Å². The van der Waals surface area contributed by atoms with Crippen molar-refractivity contribution in [2.24, 2.45) is 0 Å². The predicted molar refractivity (Wildman–Crippen MR) is 95.4 cm³/mol. The molecule has 0 bridgehead atoms. The van der Waals surface area contributed by atoms with Gasteiger partial charge < -0.3 is 14.8 Å². The number of aryl methyl sites for hydroxylation is 1. The predicted octanol–water partition coefficient (Wildman–Crippen LogP) is 2.38. The van der Waals surface area contributed by atoms with Crippen LogP contribution >= 0.6 is 0 Å². The van der Waals surface area contributed by atoms with E-state index in [1.165, 1.54) is 5.56 Å². The topological polar surface area (TPSA) is 50.8 Å². The van der Waals surface area contributed by atoms with E-state index in [2.05, 4.69) is 10.2 Å². The van der Waals surface area contributed by atoms with Crippen molar-refractivity contribution in [3.8, 4) is 5.75 Å². The molecule has 5 heteroatoms. The Morgan fingerprint density at radius 3 is 3.04 bits per heavy atom. The van der Waals surface area contributed by atoms with Gasteiger partial charge in [-0.25, -0.2) is 0 Å². The lowest BCUT2D eigenvalue weighted by Crippen LogP contribution is -2.51. The van der Waals surface area contributed by atoms with Gasteiger partial charge in [0.15, 0.2) is 0 Å². The van der Waals surface area contributed by atoms with Crippen LogP contribution in [-0.4, -0.2) is 55.8 Å². The number of carbonyl (C=O) groups excluding carboxylic acids is 1. The number of piperidine rings is 1. The average Bonchev–Trinajstić information content (AvgIpc) is 2.58. The molecule has 2 unspecified atom stereocenters. The molecular weight excluding hydrogens is 304 g/mol. The van der Waals surface area contributed by atoms with Crippen LogP contribution in [0, 0.1) is 6.92 Å². The maximum absolute atomic E-state index is 12.3. The molecule has 0 spiro atoms. The van der Waals surface area contributed by atoms with Crippen LogP contribution < -0.4 is 10.1 Å². The molecule has 5 nitrogen and oxygen atoms in total. The molecule has 1 aliphatic heterocycles. The Balaban J connectivity index is 1.69. The van der Waals surface area contributed by atoms with Crippen molar-refractivity contribution < 1.29 is 14.3 Å². The van der Waals surface area contributed by atoms with Gasteiger partial charge in [-0.05, 0) is 57.9 Å². The van der Waals surface area contributed by atoms with E-state index in [1.807, 2.05) is 45.0 Å². The SMILES string of the molecule is CCOC1CCCN(C(C)C(=O)NCCOc2cccc(C)c2)C1. The number of hydrogen-bond acceptors (Lipinski definition) is 4. The van der Waals surface area contributed by atoms with Crippen molar-refractivity contribution in [3.63, 3.8) is 0 Å². The molecule has 2 rings (SSSR count). The van der Waals surface area contributed by atoms with Gasteiger partial charge >= 0.3 is 0 Å². The van der Waals surface area contributed by atoms with Crippen LogP contribution in [0.3, 0.4) is 0 Å². The summed E-state index contributed by atoms with van der Waals surface area (Å²) in [6.45, 7) is 9.53. The lowest BCUT2D eigenvalue weighted by Gasteiger charge is -2.35. The highest BCUT2D eigenvalue weighted by Gasteiger charge is 2.27. The zero-order valence-electron chi connectivity index (χ0n) is 15.1. The van der Waals surface area contributed by atoms with Crippen LogP contribution in [0.25, 0.3) is 0 Å². The Kier molecular flexibility index (Phi) is 7.53. The molecule has 1 aromatic carbocycles. The Hall–Kier alpha value is -1.59. The maximum Gasteiger partial charge on any atom is 0.237 e. The van der Waals surface area contributed by atoms with Gasteiger partial charge in [0.05, 0.1) is 18.7 Å². The third-order valence-corrected chi connectivity index (χ3v) is 4.40. The highest BCUT2D eigenvalue weighted by atomic mass is 16.5. The van der Waals surface area contributed by atoms with E-state index in [0.717, 1.165) is 38.3 Å². The zero-order chi connectivity index (χ0) is 17.4. The van der Waals surface area contributed by atoms with Crippen molar-refractivity contribution >= 4 is 5.91 Å². The Labute approximate surface area is 145 Å². The molecule has 1 aromatic rings. The van der Waals surface area contributed by atoms with Crippen LogP contribution in [0.15, 0.2) is 24.3 Å². The van der Waals surface area contributed by atoms with Gasteiger partial charge in [-0.1, -0.05) is 12.1 Å². The maximum atomic E-state index is 12.3. The second-order valence-corrected chi connectivity index (χ2v) is 6.35. The third-order valence-electron chi connectivity index (χ3n) is 4.40. The number of nitrogens with zero attached hydrogens (tertiary/aromatic N) is 1. The van der Waals surface area contributed by atoms with Crippen LogP contribution in [0.5, 0.6) is 5.75 Å². The number of hydrogen-bond donors (Lipinski definition) is 1. The summed E-state index contributed by atoms with van der Waals surface area (Å²) in [4.78, 5) is 14.5. The molecule has 134 valence electrons. The second-order valence-electron chi connectivity index (χ2n) is 6.35. The van der Waals surface area contributed by atoms with E-state index in [9.17, 15) is 4.79 Å². The van der Waals surface area contributed by atoms with Gasteiger partial charge in [0.1, 0.15) is 12.4 Å². The Morgan fingerprint density at radius 1 is 1.46 bits per heavy atom. The molecule has 24 heavy (non-hydrogen) atoms. The van der Waals surface area contributed by atoms with Crippen molar-refractivity contribution in [2.45, 2.75) is 45.8 Å². The fourth-order valence-corrected chi connectivity index (χ4v) is 3.05. The lowest BCUT2D eigenvalue weighted by atomic mass is 10.1. The van der Waals surface area contributed by atoms with Crippen molar-refractivity contribution in [3.05, 3.63) is 29.8 Å². The first kappa shape index (κ1) is 18.7. The van der Waals surface area contributed by atoms with Crippen molar-refractivity contribution in [1.29, 1.82) is 0 Å². The normalized spacial score (nSPS) is 19.7. The van der Waals surface area contributed by atoms with Crippen LogP contribution in [0.1, 0.15) is 32.3 Å². The van der Waals surface area contributed by atoms with E-state index < -0.39 is 0 Å². The fourth-order valence-electron chi connectivity index (χ4n) is 3.05. The summed E-state index contributed by atoms with van der Waals surface area (Å²) >= 11 is 0. The molecule has 1 heterocycles. The molecule has 1 aliphatic rings. The van der Waals surface area contributed by atoms with Gasteiger partial charge in [0, 0.05) is 13.2 Å². The molecule has 0 saturated carbocycles. The highest BCUT2D eigenvalue weighted by molar-refractivity contribution is 5.81. The molecule has 1 N–H and O–H groups in total. The smallest absolute Gasteiger partial charge is 0.237 e. The Bertz CT molecular complexity index is 519. The number of ether oxygens (including phenoxy) is 2. The van der Waals surface area contributed by atoms with E-state index in [0.29, 0.717) is 13.2 Å². The molecule has 2 atom stereocenters. The lowest BCUT2D eigenvalue weighted by molar-refractivity contribution is -0.127. The van der Waals surface area contributed by atoms with Crippen molar-refractivity contribution in [2.75, 3.05) is 32.8 Å². The first-order chi connectivity index (χ1) is 11.6. The van der Waals surface area contributed by atoms with Crippen LogP contribution in [0.2, 0.25) is 0 Å². The fraction of sp³-hybridized carbons (Fsp3) is 0.632. The number of benzene rings is 1. The van der Waals surface area contributed by atoms with Gasteiger partial charge in [-0.3, -0.25) is 9.69 Å². The molecule has 1 saturated heterocycles. The standard InChI is InChI=1S/C19H30N2O3/c1-4-23-18-9-6-11-21(14-18)16(3)19(22)20-10-12-24-17-8-5-7-15(2)13-17/h5,7-8,13,16,18H,4,6,9-12,14H2,1-3H3,(H,20,22). The van der Waals surface area contributed by atoms with E-state index in [-0.39, 0.29) is 18.1 Å². The summed E-state index contributed by atoms with van der Waals surface area (Å²) < 4.78 is 11.4. The van der Waals surface area contributed by atoms with Gasteiger partial charge in [-0.15, -0.1) is 0 Å². The largest absolute Gasteiger partial charge is 0.492 e. The van der Waals surface area contributed by atoms with Gasteiger partial charge in [0.2, 0.25) is 5.91 Å². The third kappa shape index (κ3) is 5.80. The number of likely N-dealkylation sites (tertiary alicyclic amines) is 1. The second kappa shape index (κ2) is 9.64. The molecule has 1 amide bonds.